The summed E-state index contributed by atoms with van der Waals surface area (Å²) in [4.78, 5) is 11.0. The summed E-state index contributed by atoms with van der Waals surface area (Å²) in [5.74, 6) is -0.492. The number of aliphatic carboxylic acids is 1. The van der Waals surface area contributed by atoms with Crippen LogP contribution in [0.5, 0.6) is 5.88 Å². The van der Waals surface area contributed by atoms with Gasteiger partial charge in [0.15, 0.2) is 0 Å². The van der Waals surface area contributed by atoms with Crippen LogP contribution in [0.2, 0.25) is 10.0 Å². The number of hydrogen-bond donors (Lipinski definition) is 1. The first-order valence-electron chi connectivity index (χ1n) is 7.35. The van der Waals surface area contributed by atoms with Crippen LogP contribution >= 0.6 is 23.2 Å². The topological polar surface area (TPSA) is 64.3 Å². The minimum absolute atomic E-state index is 0.130. The van der Waals surface area contributed by atoms with Gasteiger partial charge in [-0.3, -0.25) is 9.48 Å². The van der Waals surface area contributed by atoms with E-state index in [1.165, 1.54) is 0 Å². The first-order valence-corrected chi connectivity index (χ1v) is 8.10. The Bertz CT molecular complexity index is 686. The molecule has 23 heavy (non-hydrogen) atoms. The summed E-state index contributed by atoms with van der Waals surface area (Å²) < 4.78 is 7.16. The zero-order valence-corrected chi connectivity index (χ0v) is 14.3. The van der Waals surface area contributed by atoms with Gasteiger partial charge in [0.1, 0.15) is 0 Å². The third-order valence-electron chi connectivity index (χ3n) is 3.26. The smallest absolute Gasteiger partial charge is 0.309 e. The lowest BCUT2D eigenvalue weighted by molar-refractivity contribution is -0.136. The second kappa shape index (κ2) is 8.22. The van der Waals surface area contributed by atoms with E-state index in [1.807, 2.05) is 0 Å². The van der Waals surface area contributed by atoms with Gasteiger partial charge in [0.25, 0.3) is 0 Å². The van der Waals surface area contributed by atoms with E-state index >= 15 is 0 Å². The highest BCUT2D eigenvalue weighted by atomic mass is 35.5. The summed E-state index contributed by atoms with van der Waals surface area (Å²) in [6.45, 7) is 2.98. The summed E-state index contributed by atoms with van der Waals surface area (Å²) in [5, 5.41) is 14.4. The van der Waals surface area contributed by atoms with Crippen LogP contribution in [0.25, 0.3) is 0 Å². The van der Waals surface area contributed by atoms with Crippen LogP contribution < -0.4 is 4.74 Å². The lowest BCUT2D eigenvalue weighted by atomic mass is 10.2. The van der Waals surface area contributed by atoms with Crippen molar-refractivity contribution in [2.24, 2.45) is 0 Å². The standard InChI is InChI=1S/C16H18Cl2N2O3/c1-2-3-6-23-15-8-13(9-16(21)22)20(19-15)10-11-4-5-12(17)7-14(11)18/h4-5,7-8H,2-3,6,9-10H2,1H3,(H,21,22). The van der Waals surface area contributed by atoms with Crippen molar-refractivity contribution in [1.29, 1.82) is 0 Å². The van der Waals surface area contributed by atoms with Crippen molar-refractivity contribution in [3.63, 3.8) is 0 Å². The second-order valence-corrected chi connectivity index (χ2v) is 5.98. The molecular formula is C16H18Cl2N2O3. The molecule has 0 fully saturated rings. The van der Waals surface area contributed by atoms with E-state index in [4.69, 9.17) is 33.0 Å². The molecule has 1 aromatic carbocycles. The van der Waals surface area contributed by atoms with Crippen molar-refractivity contribution in [1.82, 2.24) is 9.78 Å². The third-order valence-corrected chi connectivity index (χ3v) is 3.84. The monoisotopic (exact) mass is 356 g/mol. The average Bonchev–Trinajstić information content (AvgIpc) is 2.83. The number of carbonyl (C=O) groups is 1. The third kappa shape index (κ3) is 5.15. The van der Waals surface area contributed by atoms with Crippen molar-refractivity contribution in [3.8, 4) is 5.88 Å². The van der Waals surface area contributed by atoms with Crippen LogP contribution in [0.3, 0.4) is 0 Å². The Morgan fingerprint density at radius 3 is 2.78 bits per heavy atom. The molecule has 0 atom stereocenters. The molecule has 0 bridgehead atoms. The molecule has 0 aliphatic carbocycles. The van der Waals surface area contributed by atoms with Gasteiger partial charge in [-0.05, 0) is 24.1 Å². The molecule has 0 spiro atoms. The maximum absolute atomic E-state index is 11.0. The number of carboxylic acid groups (broad SMARTS) is 1. The van der Waals surface area contributed by atoms with Crippen molar-refractivity contribution >= 4 is 29.2 Å². The second-order valence-electron chi connectivity index (χ2n) is 5.14. The molecule has 0 aliphatic heterocycles. The number of hydrogen-bond acceptors (Lipinski definition) is 3. The number of rotatable bonds is 8. The molecule has 5 nitrogen and oxygen atoms in total. The zero-order chi connectivity index (χ0) is 16.8. The average molecular weight is 357 g/mol. The van der Waals surface area contributed by atoms with E-state index in [2.05, 4.69) is 12.0 Å². The lowest BCUT2D eigenvalue weighted by Crippen LogP contribution is -2.11. The zero-order valence-electron chi connectivity index (χ0n) is 12.8. The molecule has 0 aliphatic rings. The predicted molar refractivity (Wildman–Crippen MR) is 89.5 cm³/mol. The van der Waals surface area contributed by atoms with Crippen LogP contribution in [-0.4, -0.2) is 27.5 Å². The Hall–Kier alpha value is -1.72. The Labute approximate surface area is 144 Å². The number of ether oxygens (including phenoxy) is 1. The molecule has 7 heteroatoms. The van der Waals surface area contributed by atoms with E-state index in [0.29, 0.717) is 34.8 Å². The molecule has 2 aromatic rings. The fourth-order valence-electron chi connectivity index (χ4n) is 2.07. The first-order chi connectivity index (χ1) is 11.0. The summed E-state index contributed by atoms with van der Waals surface area (Å²) >= 11 is 12.1. The molecule has 1 N–H and O–H groups in total. The largest absolute Gasteiger partial charge is 0.481 e. The normalized spacial score (nSPS) is 10.7. The van der Waals surface area contributed by atoms with E-state index in [1.54, 1.807) is 28.9 Å². The minimum atomic E-state index is -0.923. The van der Waals surface area contributed by atoms with Gasteiger partial charge in [-0.1, -0.05) is 42.6 Å². The summed E-state index contributed by atoms with van der Waals surface area (Å²) in [6, 6.07) is 6.85. The van der Waals surface area contributed by atoms with Crippen LogP contribution in [0, 0.1) is 0 Å². The number of halogens is 2. The van der Waals surface area contributed by atoms with Crippen molar-refractivity contribution in [2.45, 2.75) is 32.7 Å². The lowest BCUT2D eigenvalue weighted by Gasteiger charge is -2.08. The van der Waals surface area contributed by atoms with Crippen LogP contribution in [-0.2, 0) is 17.8 Å². The maximum Gasteiger partial charge on any atom is 0.309 e. The van der Waals surface area contributed by atoms with Gasteiger partial charge < -0.3 is 9.84 Å². The number of unbranched alkanes of at least 4 members (excludes halogenated alkanes) is 1. The van der Waals surface area contributed by atoms with Crippen molar-refractivity contribution in [3.05, 3.63) is 45.6 Å². The van der Waals surface area contributed by atoms with Crippen molar-refractivity contribution in [2.75, 3.05) is 6.61 Å². The number of nitrogens with zero attached hydrogens (tertiary/aromatic N) is 2. The van der Waals surface area contributed by atoms with E-state index in [0.717, 1.165) is 18.4 Å². The molecule has 2 rings (SSSR count). The number of aromatic nitrogens is 2. The van der Waals surface area contributed by atoms with Gasteiger partial charge in [-0.15, -0.1) is 5.10 Å². The SMILES string of the molecule is CCCCOc1cc(CC(=O)O)n(Cc2ccc(Cl)cc2Cl)n1. The van der Waals surface area contributed by atoms with Crippen LogP contribution in [0.4, 0.5) is 0 Å². The minimum Gasteiger partial charge on any atom is -0.481 e. The van der Waals surface area contributed by atoms with Crippen LogP contribution in [0.1, 0.15) is 31.0 Å². The van der Waals surface area contributed by atoms with Gasteiger partial charge in [0.2, 0.25) is 5.88 Å². The van der Waals surface area contributed by atoms with Gasteiger partial charge in [0, 0.05) is 16.1 Å². The molecule has 0 amide bonds. The highest BCUT2D eigenvalue weighted by Crippen LogP contribution is 2.23. The molecule has 0 saturated carbocycles. The van der Waals surface area contributed by atoms with Gasteiger partial charge >= 0.3 is 5.97 Å². The van der Waals surface area contributed by atoms with Gasteiger partial charge in [-0.2, -0.15) is 0 Å². The number of benzene rings is 1. The van der Waals surface area contributed by atoms with E-state index in [-0.39, 0.29) is 6.42 Å². The molecule has 1 aromatic heterocycles. The van der Waals surface area contributed by atoms with Gasteiger partial charge in [-0.25, -0.2) is 0 Å². The maximum atomic E-state index is 11.0. The van der Waals surface area contributed by atoms with E-state index in [9.17, 15) is 4.79 Å². The Morgan fingerprint density at radius 2 is 2.13 bits per heavy atom. The fraction of sp³-hybridized carbons (Fsp3) is 0.375. The van der Waals surface area contributed by atoms with E-state index < -0.39 is 5.97 Å². The Balaban J connectivity index is 2.22. The molecule has 0 saturated heterocycles. The molecule has 0 unspecified atom stereocenters. The summed E-state index contributed by atoms with van der Waals surface area (Å²) in [7, 11) is 0. The molecule has 0 radical (unpaired) electrons. The first kappa shape index (κ1) is 17.6. The van der Waals surface area contributed by atoms with Crippen LogP contribution in [0.15, 0.2) is 24.3 Å². The highest BCUT2D eigenvalue weighted by Gasteiger charge is 2.14. The Kier molecular flexibility index (Phi) is 6.30. The summed E-state index contributed by atoms with van der Waals surface area (Å²) in [5.41, 5.74) is 1.38. The van der Waals surface area contributed by atoms with Crippen molar-refractivity contribution < 1.29 is 14.6 Å². The quantitative estimate of drug-likeness (QED) is 0.724. The summed E-state index contributed by atoms with van der Waals surface area (Å²) in [6.07, 6.45) is 1.81. The highest BCUT2D eigenvalue weighted by molar-refractivity contribution is 6.35. The predicted octanol–water partition coefficient (Wildman–Crippen LogP) is 4.04. The molecule has 1 heterocycles. The number of carboxylic acids is 1. The molecule has 124 valence electrons. The molecular weight excluding hydrogens is 339 g/mol. The fourth-order valence-corrected chi connectivity index (χ4v) is 2.53. The Morgan fingerprint density at radius 1 is 1.35 bits per heavy atom. The van der Waals surface area contributed by atoms with Gasteiger partial charge in [0.05, 0.1) is 25.3 Å².